The fourth-order valence-electron chi connectivity index (χ4n) is 2.27. The third kappa shape index (κ3) is 5.96. The molecule has 0 radical (unpaired) electrons. The van der Waals surface area contributed by atoms with Crippen LogP contribution < -0.4 is 15.4 Å². The summed E-state index contributed by atoms with van der Waals surface area (Å²) in [5.41, 5.74) is 1.42. The zero-order valence-electron chi connectivity index (χ0n) is 15.4. The lowest BCUT2D eigenvalue weighted by molar-refractivity contribution is 0.281. The van der Waals surface area contributed by atoms with Crippen LogP contribution in [0.5, 0.6) is 0 Å². The minimum Gasteiger partial charge on any atom is -0.394 e. The van der Waals surface area contributed by atoms with Crippen molar-refractivity contribution in [2.45, 2.75) is 23.6 Å². The van der Waals surface area contributed by atoms with E-state index in [9.17, 15) is 13.5 Å². The van der Waals surface area contributed by atoms with E-state index in [1.807, 2.05) is 6.92 Å². The number of H-pyrrole nitrogens is 1. The smallest absolute Gasteiger partial charge is 0.250 e. The van der Waals surface area contributed by atoms with Crippen molar-refractivity contribution in [2.75, 3.05) is 23.8 Å². The molecule has 1 atom stereocenters. The zero-order chi connectivity index (χ0) is 20.9. The quantitative estimate of drug-likeness (QED) is 0.283. The van der Waals surface area contributed by atoms with Crippen LogP contribution in [0, 0.1) is 0 Å². The number of rotatable bonds is 10. The van der Waals surface area contributed by atoms with Crippen LogP contribution in [0.2, 0.25) is 0 Å². The Morgan fingerprint density at radius 1 is 1.38 bits per heavy atom. The van der Waals surface area contributed by atoms with Crippen LogP contribution in [0.1, 0.15) is 12.6 Å². The van der Waals surface area contributed by atoms with Gasteiger partial charge in [0.1, 0.15) is 10.0 Å². The van der Waals surface area contributed by atoms with Crippen molar-refractivity contribution in [1.29, 1.82) is 0 Å². The first kappa shape index (κ1) is 21.6. The van der Waals surface area contributed by atoms with Crippen molar-refractivity contribution < 1.29 is 13.5 Å². The molecule has 0 fully saturated rings. The first-order valence-corrected chi connectivity index (χ1v) is 11.8. The standard InChI is InChI=1S/C16H20BrN7O3S2/c1-10(7-25)22-15-13(17)6-19-16(24-15)23-12-4-14(28-8-12)29(26,27)21-3-2-11-5-18-9-20-11/h4-6,8-10,21,25H,2-3,7H2,1H3,(H,18,20)(H2,19,22,23,24)/t10-/m1/s1. The number of halogens is 1. The molecular weight excluding hydrogens is 482 g/mol. The van der Waals surface area contributed by atoms with Crippen LogP contribution in [-0.2, 0) is 16.4 Å². The number of aromatic amines is 1. The molecule has 3 heterocycles. The maximum Gasteiger partial charge on any atom is 0.250 e. The molecule has 0 bridgehead atoms. The largest absolute Gasteiger partial charge is 0.394 e. The monoisotopic (exact) mass is 501 g/mol. The van der Waals surface area contributed by atoms with E-state index in [1.54, 1.807) is 24.1 Å². The number of aliphatic hydroxyl groups excluding tert-OH is 1. The van der Waals surface area contributed by atoms with Gasteiger partial charge in [-0.15, -0.1) is 11.3 Å². The Morgan fingerprint density at radius 2 is 2.21 bits per heavy atom. The lowest BCUT2D eigenvalue weighted by atomic mass is 10.3. The van der Waals surface area contributed by atoms with Crippen molar-refractivity contribution in [3.05, 3.63) is 40.3 Å². The van der Waals surface area contributed by atoms with Crippen molar-refractivity contribution in [3.8, 4) is 0 Å². The van der Waals surface area contributed by atoms with Gasteiger partial charge in [0.15, 0.2) is 0 Å². The summed E-state index contributed by atoms with van der Waals surface area (Å²) in [6, 6.07) is 1.35. The molecule has 13 heteroatoms. The Balaban J connectivity index is 1.64. The van der Waals surface area contributed by atoms with Gasteiger partial charge < -0.3 is 20.7 Å². The second-order valence-electron chi connectivity index (χ2n) is 6.12. The molecule has 3 aromatic rings. The number of hydrogen-bond acceptors (Lipinski definition) is 9. The molecule has 29 heavy (non-hydrogen) atoms. The fourth-order valence-corrected chi connectivity index (χ4v) is 4.77. The SMILES string of the molecule is C[C@H](CO)Nc1nc(Nc2csc(S(=O)(=O)NCCc3cnc[nH]3)c2)ncc1Br. The van der Waals surface area contributed by atoms with Crippen LogP contribution in [0.4, 0.5) is 17.5 Å². The van der Waals surface area contributed by atoms with Crippen molar-refractivity contribution in [1.82, 2.24) is 24.7 Å². The van der Waals surface area contributed by atoms with Crippen LogP contribution >= 0.6 is 27.3 Å². The minimum absolute atomic E-state index is 0.0433. The highest BCUT2D eigenvalue weighted by Gasteiger charge is 2.17. The molecule has 0 saturated carbocycles. The van der Waals surface area contributed by atoms with Crippen LogP contribution in [0.25, 0.3) is 0 Å². The highest BCUT2D eigenvalue weighted by molar-refractivity contribution is 9.10. The second-order valence-corrected chi connectivity index (χ2v) is 9.88. The van der Waals surface area contributed by atoms with Gasteiger partial charge in [-0.1, -0.05) is 0 Å². The van der Waals surface area contributed by atoms with E-state index in [1.165, 1.54) is 6.07 Å². The normalized spacial score (nSPS) is 12.7. The summed E-state index contributed by atoms with van der Waals surface area (Å²) in [4.78, 5) is 15.3. The molecule has 156 valence electrons. The molecule has 0 spiro atoms. The van der Waals surface area contributed by atoms with Gasteiger partial charge >= 0.3 is 0 Å². The number of anilines is 3. The third-order valence-electron chi connectivity index (χ3n) is 3.74. The summed E-state index contributed by atoms with van der Waals surface area (Å²) < 4.78 is 28.3. The van der Waals surface area contributed by atoms with Gasteiger partial charge in [-0.25, -0.2) is 23.1 Å². The molecule has 0 aliphatic heterocycles. The number of aromatic nitrogens is 4. The molecule has 5 N–H and O–H groups in total. The number of aliphatic hydroxyl groups is 1. The van der Waals surface area contributed by atoms with E-state index in [4.69, 9.17) is 0 Å². The maximum atomic E-state index is 12.5. The highest BCUT2D eigenvalue weighted by atomic mass is 79.9. The Morgan fingerprint density at radius 3 is 2.93 bits per heavy atom. The van der Waals surface area contributed by atoms with E-state index in [0.717, 1.165) is 17.0 Å². The number of thiophene rings is 1. The van der Waals surface area contributed by atoms with E-state index in [2.05, 4.69) is 51.2 Å². The second kappa shape index (κ2) is 9.63. The Bertz CT molecular complexity index is 1040. The van der Waals surface area contributed by atoms with Gasteiger partial charge in [0.05, 0.1) is 23.1 Å². The molecule has 3 rings (SSSR count). The van der Waals surface area contributed by atoms with E-state index >= 15 is 0 Å². The van der Waals surface area contributed by atoms with Crippen molar-refractivity contribution in [3.63, 3.8) is 0 Å². The highest BCUT2D eigenvalue weighted by Crippen LogP contribution is 2.27. The van der Waals surface area contributed by atoms with Crippen molar-refractivity contribution in [2.24, 2.45) is 0 Å². The number of hydrogen-bond donors (Lipinski definition) is 5. The predicted octanol–water partition coefficient (Wildman–Crippen LogP) is 2.08. The first-order valence-electron chi connectivity index (χ1n) is 8.60. The molecule has 0 saturated heterocycles. The lowest BCUT2D eigenvalue weighted by Crippen LogP contribution is -2.25. The van der Waals surface area contributed by atoms with Gasteiger partial charge in [-0.05, 0) is 28.9 Å². The average Bonchev–Trinajstić information content (AvgIpc) is 3.36. The van der Waals surface area contributed by atoms with Gasteiger partial charge in [-0.3, -0.25) is 0 Å². The van der Waals surface area contributed by atoms with Crippen LogP contribution in [-0.4, -0.2) is 52.7 Å². The van der Waals surface area contributed by atoms with Gasteiger partial charge in [-0.2, -0.15) is 4.98 Å². The summed E-state index contributed by atoms with van der Waals surface area (Å²) in [5, 5.41) is 16.9. The number of sulfonamides is 1. The summed E-state index contributed by atoms with van der Waals surface area (Å²) in [7, 11) is -3.61. The summed E-state index contributed by atoms with van der Waals surface area (Å²) in [6.45, 7) is 2.04. The molecule has 0 aliphatic rings. The topological polar surface area (TPSA) is 145 Å². The Kier molecular flexibility index (Phi) is 7.18. The number of nitrogens with zero attached hydrogens (tertiary/aromatic N) is 3. The lowest BCUT2D eigenvalue weighted by Gasteiger charge is -2.13. The van der Waals surface area contributed by atoms with E-state index < -0.39 is 10.0 Å². The maximum absolute atomic E-state index is 12.5. The van der Waals surface area contributed by atoms with Gasteiger partial charge in [0.2, 0.25) is 16.0 Å². The number of imidazole rings is 1. The van der Waals surface area contributed by atoms with Crippen LogP contribution in [0.15, 0.2) is 38.8 Å². The first-order chi connectivity index (χ1) is 13.9. The zero-order valence-corrected chi connectivity index (χ0v) is 18.6. The fraction of sp³-hybridized carbons (Fsp3) is 0.312. The van der Waals surface area contributed by atoms with E-state index in [-0.39, 0.29) is 23.4 Å². The van der Waals surface area contributed by atoms with Crippen LogP contribution in [0.3, 0.4) is 0 Å². The summed E-state index contributed by atoms with van der Waals surface area (Å²) in [5.74, 6) is 0.822. The van der Waals surface area contributed by atoms with Gasteiger partial charge in [0, 0.05) is 42.5 Å². The van der Waals surface area contributed by atoms with Gasteiger partial charge in [0.25, 0.3) is 0 Å². The third-order valence-corrected chi connectivity index (χ3v) is 7.22. The Labute approximate surface area is 180 Å². The minimum atomic E-state index is -3.61. The average molecular weight is 502 g/mol. The molecular formula is C16H20BrN7O3S2. The molecule has 10 nitrogen and oxygen atoms in total. The summed E-state index contributed by atoms with van der Waals surface area (Å²) in [6.07, 6.45) is 5.30. The molecule has 0 aliphatic carbocycles. The number of nitrogens with one attached hydrogen (secondary N) is 4. The molecule has 0 amide bonds. The molecule has 3 aromatic heterocycles. The summed E-state index contributed by atoms with van der Waals surface area (Å²) >= 11 is 4.45. The predicted molar refractivity (Wildman–Crippen MR) is 115 cm³/mol. The molecule has 0 aromatic carbocycles. The van der Waals surface area contributed by atoms with E-state index in [0.29, 0.717) is 28.3 Å². The van der Waals surface area contributed by atoms with Crippen molar-refractivity contribution >= 4 is 54.7 Å². The molecule has 0 unspecified atom stereocenters. The Hall–Kier alpha value is -2.06.